The van der Waals surface area contributed by atoms with Gasteiger partial charge >= 0.3 is 5.97 Å². The largest absolute Gasteiger partial charge is 0.478 e. The normalized spacial score (nSPS) is 9.00. The first-order valence-electron chi connectivity index (χ1n) is 3.77. The van der Waals surface area contributed by atoms with E-state index in [1.807, 2.05) is 0 Å². The van der Waals surface area contributed by atoms with Gasteiger partial charge in [0.25, 0.3) is 0 Å². The molecule has 0 heterocycles. The summed E-state index contributed by atoms with van der Waals surface area (Å²) in [7, 11) is 0. The monoisotopic (exact) mass is 254 g/mol. The van der Waals surface area contributed by atoms with Gasteiger partial charge in [0, 0.05) is 10.0 Å². The van der Waals surface area contributed by atoms with Crippen LogP contribution in [0.5, 0.6) is 0 Å². The highest BCUT2D eigenvalue weighted by molar-refractivity contribution is 9.10. The molecular weight excluding hydrogens is 248 g/mol. The summed E-state index contributed by atoms with van der Waals surface area (Å²) in [5, 5.41) is 17.2. The minimum Gasteiger partial charge on any atom is -0.478 e. The summed E-state index contributed by atoms with van der Waals surface area (Å²) >= 11 is 3.18. The number of rotatable bonds is 1. The molecule has 0 unspecified atom stereocenters. The van der Waals surface area contributed by atoms with Gasteiger partial charge in [-0.2, -0.15) is 0 Å². The Bertz CT molecular complexity index is 415. The minimum absolute atomic E-state index is 0.168. The number of halogens is 1. The number of carboxylic acid groups (broad SMARTS) is 1. The zero-order chi connectivity index (χ0) is 10.6. The molecule has 0 fully saturated rings. The maximum absolute atomic E-state index is 10.7. The lowest BCUT2D eigenvalue weighted by atomic mass is 10.1. The van der Waals surface area contributed by atoms with Gasteiger partial charge in [0.05, 0.1) is 5.56 Å². The number of aliphatic hydroxyl groups excluding tert-OH is 1. The van der Waals surface area contributed by atoms with Crippen LogP contribution in [0.15, 0.2) is 22.7 Å². The average Bonchev–Trinajstić information content (AvgIpc) is 2.14. The lowest BCUT2D eigenvalue weighted by Gasteiger charge is -1.97. The SMILES string of the molecule is O=C(O)c1cc(Br)cc(C#CCO)c1. The van der Waals surface area contributed by atoms with Crippen LogP contribution in [0.25, 0.3) is 0 Å². The Morgan fingerprint density at radius 2 is 2.14 bits per heavy atom. The summed E-state index contributed by atoms with van der Waals surface area (Å²) in [6.45, 7) is -0.241. The molecule has 0 bridgehead atoms. The van der Waals surface area contributed by atoms with Crippen LogP contribution in [0.4, 0.5) is 0 Å². The summed E-state index contributed by atoms with van der Waals surface area (Å²) < 4.78 is 0.652. The average molecular weight is 255 g/mol. The first-order valence-corrected chi connectivity index (χ1v) is 4.56. The third-order valence-corrected chi connectivity index (χ3v) is 1.91. The molecule has 0 amide bonds. The number of hydrogen-bond donors (Lipinski definition) is 2. The van der Waals surface area contributed by atoms with E-state index in [1.165, 1.54) is 12.1 Å². The van der Waals surface area contributed by atoms with Crippen molar-refractivity contribution in [1.82, 2.24) is 0 Å². The second-order valence-electron chi connectivity index (χ2n) is 2.49. The van der Waals surface area contributed by atoms with Crippen molar-refractivity contribution in [3.05, 3.63) is 33.8 Å². The molecule has 0 aliphatic rings. The van der Waals surface area contributed by atoms with Crippen molar-refractivity contribution < 1.29 is 15.0 Å². The Morgan fingerprint density at radius 1 is 1.43 bits per heavy atom. The van der Waals surface area contributed by atoms with Crippen molar-refractivity contribution in [2.75, 3.05) is 6.61 Å². The number of hydrogen-bond acceptors (Lipinski definition) is 2. The second kappa shape index (κ2) is 4.80. The number of carboxylic acids is 1. The molecule has 3 nitrogen and oxygen atoms in total. The molecule has 0 saturated heterocycles. The van der Waals surface area contributed by atoms with Gasteiger partial charge in [-0.25, -0.2) is 4.79 Å². The van der Waals surface area contributed by atoms with E-state index in [9.17, 15) is 4.79 Å². The lowest BCUT2D eigenvalue weighted by Crippen LogP contribution is -1.96. The summed E-state index contributed by atoms with van der Waals surface area (Å²) in [6.07, 6.45) is 0. The van der Waals surface area contributed by atoms with E-state index in [2.05, 4.69) is 27.8 Å². The van der Waals surface area contributed by atoms with Gasteiger partial charge in [-0.05, 0) is 18.2 Å². The first-order chi connectivity index (χ1) is 6.63. The predicted octanol–water partition coefficient (Wildman–Crippen LogP) is 1.49. The van der Waals surface area contributed by atoms with Crippen LogP contribution < -0.4 is 0 Å². The Balaban J connectivity index is 3.13. The number of aliphatic hydroxyl groups is 1. The fraction of sp³-hybridized carbons (Fsp3) is 0.100. The summed E-state index contributed by atoms with van der Waals surface area (Å²) in [4.78, 5) is 10.7. The van der Waals surface area contributed by atoms with Crippen LogP contribution in [-0.4, -0.2) is 22.8 Å². The van der Waals surface area contributed by atoms with Crippen LogP contribution in [0.1, 0.15) is 15.9 Å². The van der Waals surface area contributed by atoms with Crippen LogP contribution in [-0.2, 0) is 0 Å². The fourth-order valence-electron chi connectivity index (χ4n) is 0.927. The van der Waals surface area contributed by atoms with E-state index in [0.29, 0.717) is 10.0 Å². The Hall–Kier alpha value is -1.31. The lowest BCUT2D eigenvalue weighted by molar-refractivity contribution is 0.0697. The third kappa shape index (κ3) is 2.87. The van der Waals surface area contributed by atoms with E-state index in [1.54, 1.807) is 6.07 Å². The molecule has 1 rings (SSSR count). The topological polar surface area (TPSA) is 57.5 Å². The van der Waals surface area contributed by atoms with Crippen molar-refractivity contribution in [3.8, 4) is 11.8 Å². The number of benzene rings is 1. The zero-order valence-electron chi connectivity index (χ0n) is 7.12. The van der Waals surface area contributed by atoms with Gasteiger partial charge in [0.15, 0.2) is 0 Å². The number of aromatic carboxylic acids is 1. The molecule has 4 heteroatoms. The van der Waals surface area contributed by atoms with E-state index in [4.69, 9.17) is 10.2 Å². The van der Waals surface area contributed by atoms with E-state index in [-0.39, 0.29) is 12.2 Å². The van der Waals surface area contributed by atoms with Gasteiger partial charge in [-0.15, -0.1) is 0 Å². The second-order valence-corrected chi connectivity index (χ2v) is 3.41. The molecule has 0 spiro atoms. The van der Waals surface area contributed by atoms with Crippen LogP contribution in [0.2, 0.25) is 0 Å². The quantitative estimate of drug-likeness (QED) is 0.747. The van der Waals surface area contributed by atoms with E-state index in [0.717, 1.165) is 0 Å². The van der Waals surface area contributed by atoms with Gasteiger partial charge in [-0.1, -0.05) is 27.8 Å². The molecule has 0 aliphatic carbocycles. The molecular formula is C10H7BrO3. The van der Waals surface area contributed by atoms with Crippen molar-refractivity contribution in [3.63, 3.8) is 0 Å². The Kier molecular flexibility index (Phi) is 3.69. The molecule has 0 saturated carbocycles. The molecule has 0 radical (unpaired) electrons. The highest BCUT2D eigenvalue weighted by Crippen LogP contribution is 2.15. The molecule has 1 aromatic rings. The Morgan fingerprint density at radius 3 is 2.71 bits per heavy atom. The smallest absolute Gasteiger partial charge is 0.335 e. The first kappa shape index (κ1) is 10.8. The third-order valence-electron chi connectivity index (χ3n) is 1.46. The molecule has 0 aromatic heterocycles. The zero-order valence-corrected chi connectivity index (χ0v) is 8.71. The molecule has 0 aliphatic heterocycles. The van der Waals surface area contributed by atoms with Crippen LogP contribution in [0, 0.1) is 11.8 Å². The van der Waals surface area contributed by atoms with Crippen molar-refractivity contribution in [1.29, 1.82) is 0 Å². The maximum Gasteiger partial charge on any atom is 0.335 e. The minimum atomic E-state index is -1.00. The van der Waals surface area contributed by atoms with Crippen LogP contribution >= 0.6 is 15.9 Å². The van der Waals surface area contributed by atoms with Gasteiger partial charge < -0.3 is 10.2 Å². The highest BCUT2D eigenvalue weighted by atomic mass is 79.9. The van der Waals surface area contributed by atoms with Crippen molar-refractivity contribution in [2.45, 2.75) is 0 Å². The van der Waals surface area contributed by atoms with Gasteiger partial charge in [0.2, 0.25) is 0 Å². The summed E-state index contributed by atoms with van der Waals surface area (Å²) in [5.74, 6) is 4.09. The van der Waals surface area contributed by atoms with Crippen LogP contribution in [0.3, 0.4) is 0 Å². The molecule has 1 aromatic carbocycles. The summed E-state index contributed by atoms with van der Waals surface area (Å²) in [6, 6.07) is 4.64. The maximum atomic E-state index is 10.7. The van der Waals surface area contributed by atoms with Gasteiger partial charge in [0.1, 0.15) is 6.61 Å². The molecule has 14 heavy (non-hydrogen) atoms. The van der Waals surface area contributed by atoms with Gasteiger partial charge in [-0.3, -0.25) is 0 Å². The molecule has 0 atom stereocenters. The van der Waals surface area contributed by atoms with Crippen molar-refractivity contribution in [2.24, 2.45) is 0 Å². The standard InChI is InChI=1S/C10H7BrO3/c11-9-5-7(2-1-3-12)4-8(6-9)10(13)14/h4-6,12H,3H2,(H,13,14). The van der Waals surface area contributed by atoms with E-state index >= 15 is 0 Å². The predicted molar refractivity (Wildman–Crippen MR) is 55.1 cm³/mol. The highest BCUT2D eigenvalue weighted by Gasteiger charge is 2.04. The summed E-state index contributed by atoms with van der Waals surface area (Å²) in [5.41, 5.74) is 0.729. The molecule has 72 valence electrons. The Labute approximate surface area is 89.5 Å². The fourth-order valence-corrected chi connectivity index (χ4v) is 1.42. The molecule has 2 N–H and O–H groups in total. The van der Waals surface area contributed by atoms with E-state index < -0.39 is 5.97 Å². The van der Waals surface area contributed by atoms with Crippen molar-refractivity contribution >= 4 is 21.9 Å². The number of carbonyl (C=O) groups is 1.